The number of hydrogen-bond acceptors (Lipinski definition) is 4. The van der Waals surface area contributed by atoms with Gasteiger partial charge >= 0.3 is 0 Å². The minimum absolute atomic E-state index is 0.157. The molecule has 0 fully saturated rings. The molecule has 0 saturated carbocycles. The lowest BCUT2D eigenvalue weighted by molar-refractivity contribution is 0.0951. The Bertz CT molecular complexity index is 881. The van der Waals surface area contributed by atoms with Crippen molar-refractivity contribution in [2.75, 3.05) is 31.9 Å². The van der Waals surface area contributed by atoms with Gasteiger partial charge in [-0.05, 0) is 51.4 Å². The molecule has 0 aliphatic rings. The zero-order chi connectivity index (χ0) is 19.3. The third kappa shape index (κ3) is 5.45. The molecule has 0 aromatic heterocycles. The number of nitrogens with zero attached hydrogens (tertiary/aromatic N) is 1. The SMILES string of the molecule is Cc1ccc(S(=O)(=O)Nc2ccc(C(=O)NCCN(C)C)c(Cl)c2)cc1. The first-order valence-corrected chi connectivity index (χ1v) is 9.87. The van der Waals surface area contributed by atoms with Gasteiger partial charge in [0.15, 0.2) is 0 Å². The number of benzene rings is 2. The molecule has 8 heteroatoms. The summed E-state index contributed by atoms with van der Waals surface area (Å²) in [5.41, 5.74) is 1.56. The molecule has 2 rings (SSSR count). The molecule has 140 valence electrons. The predicted molar refractivity (Wildman–Crippen MR) is 104 cm³/mol. The Kier molecular flexibility index (Phi) is 6.63. The minimum Gasteiger partial charge on any atom is -0.351 e. The summed E-state index contributed by atoms with van der Waals surface area (Å²) in [6, 6.07) is 11.0. The molecule has 0 atom stereocenters. The Labute approximate surface area is 159 Å². The molecule has 2 N–H and O–H groups in total. The normalized spacial score (nSPS) is 11.4. The highest BCUT2D eigenvalue weighted by atomic mass is 35.5. The highest BCUT2D eigenvalue weighted by Crippen LogP contribution is 2.23. The van der Waals surface area contributed by atoms with Crippen LogP contribution in [0.25, 0.3) is 0 Å². The molecule has 0 bridgehead atoms. The third-order valence-corrected chi connectivity index (χ3v) is 5.35. The van der Waals surface area contributed by atoms with Gasteiger partial charge in [0.2, 0.25) is 0 Å². The summed E-state index contributed by atoms with van der Waals surface area (Å²) in [5, 5.41) is 2.94. The fraction of sp³-hybridized carbons (Fsp3) is 0.278. The van der Waals surface area contributed by atoms with Crippen molar-refractivity contribution < 1.29 is 13.2 Å². The van der Waals surface area contributed by atoms with Crippen molar-refractivity contribution in [1.82, 2.24) is 10.2 Å². The average Bonchev–Trinajstić information content (AvgIpc) is 2.54. The zero-order valence-corrected chi connectivity index (χ0v) is 16.5. The van der Waals surface area contributed by atoms with E-state index in [4.69, 9.17) is 11.6 Å². The Hall–Kier alpha value is -2.09. The number of nitrogens with one attached hydrogen (secondary N) is 2. The van der Waals surface area contributed by atoms with Crippen molar-refractivity contribution in [3.8, 4) is 0 Å². The van der Waals surface area contributed by atoms with Gasteiger partial charge in [-0.3, -0.25) is 9.52 Å². The quantitative estimate of drug-likeness (QED) is 0.755. The number of sulfonamides is 1. The monoisotopic (exact) mass is 395 g/mol. The van der Waals surface area contributed by atoms with E-state index < -0.39 is 10.0 Å². The number of carbonyl (C=O) groups excluding carboxylic acids is 1. The molecule has 0 saturated heterocycles. The van der Waals surface area contributed by atoms with Crippen LogP contribution in [0.4, 0.5) is 5.69 Å². The van der Waals surface area contributed by atoms with E-state index in [0.717, 1.165) is 5.56 Å². The van der Waals surface area contributed by atoms with E-state index in [1.165, 1.54) is 30.3 Å². The van der Waals surface area contributed by atoms with Crippen LogP contribution in [-0.4, -0.2) is 46.4 Å². The van der Waals surface area contributed by atoms with Gasteiger partial charge in [0, 0.05) is 13.1 Å². The van der Waals surface area contributed by atoms with Crippen LogP contribution in [0.2, 0.25) is 5.02 Å². The van der Waals surface area contributed by atoms with Crippen molar-refractivity contribution in [3.63, 3.8) is 0 Å². The molecule has 0 unspecified atom stereocenters. The standard InChI is InChI=1S/C18H22ClN3O3S/c1-13-4-7-15(8-5-13)26(24,25)21-14-6-9-16(17(19)12-14)18(23)20-10-11-22(2)3/h4-9,12,21H,10-11H2,1-3H3,(H,20,23). The van der Waals surface area contributed by atoms with Crippen LogP contribution < -0.4 is 10.0 Å². The molecule has 2 aromatic carbocycles. The van der Waals surface area contributed by atoms with Gasteiger partial charge in [-0.1, -0.05) is 29.3 Å². The van der Waals surface area contributed by atoms with Gasteiger partial charge in [-0.2, -0.15) is 0 Å². The van der Waals surface area contributed by atoms with Crippen LogP contribution in [0.1, 0.15) is 15.9 Å². The van der Waals surface area contributed by atoms with Gasteiger partial charge in [-0.15, -0.1) is 0 Å². The summed E-state index contributed by atoms with van der Waals surface area (Å²) < 4.78 is 27.3. The van der Waals surface area contributed by atoms with E-state index in [1.54, 1.807) is 12.1 Å². The van der Waals surface area contributed by atoms with Gasteiger partial charge < -0.3 is 10.2 Å². The summed E-state index contributed by atoms with van der Waals surface area (Å²) in [5.74, 6) is -0.301. The number of amides is 1. The molecule has 0 aliphatic carbocycles. The summed E-state index contributed by atoms with van der Waals surface area (Å²) >= 11 is 6.16. The molecule has 0 spiro atoms. The predicted octanol–water partition coefficient (Wildman–Crippen LogP) is 2.74. The first kappa shape index (κ1) is 20.2. The van der Waals surface area contributed by atoms with Gasteiger partial charge in [-0.25, -0.2) is 8.42 Å². The van der Waals surface area contributed by atoms with Crippen molar-refractivity contribution in [3.05, 3.63) is 58.6 Å². The van der Waals surface area contributed by atoms with Crippen LogP contribution in [-0.2, 0) is 10.0 Å². The van der Waals surface area contributed by atoms with Crippen LogP contribution >= 0.6 is 11.6 Å². The molecule has 6 nitrogen and oxygen atoms in total. The highest BCUT2D eigenvalue weighted by Gasteiger charge is 2.16. The molecule has 2 aromatic rings. The van der Waals surface area contributed by atoms with Gasteiger partial charge in [0.1, 0.15) is 0 Å². The van der Waals surface area contributed by atoms with Crippen LogP contribution in [0.15, 0.2) is 47.4 Å². The van der Waals surface area contributed by atoms with Crippen LogP contribution in [0.3, 0.4) is 0 Å². The second-order valence-electron chi connectivity index (χ2n) is 6.17. The fourth-order valence-corrected chi connectivity index (χ4v) is 3.50. The van der Waals surface area contributed by atoms with Gasteiger partial charge in [0.25, 0.3) is 15.9 Å². The maximum atomic E-state index is 12.4. The molecule has 26 heavy (non-hydrogen) atoms. The number of rotatable bonds is 7. The molecule has 0 aliphatic heterocycles. The van der Waals surface area contributed by atoms with Crippen LogP contribution in [0.5, 0.6) is 0 Å². The lowest BCUT2D eigenvalue weighted by Gasteiger charge is -2.12. The maximum absolute atomic E-state index is 12.4. The third-order valence-electron chi connectivity index (χ3n) is 3.64. The van der Waals surface area contributed by atoms with E-state index >= 15 is 0 Å². The number of carbonyl (C=O) groups is 1. The number of likely N-dealkylation sites (N-methyl/N-ethyl adjacent to an activating group) is 1. The number of halogens is 1. The van der Waals surface area contributed by atoms with Crippen molar-refractivity contribution in [2.24, 2.45) is 0 Å². The van der Waals surface area contributed by atoms with E-state index in [9.17, 15) is 13.2 Å². The summed E-state index contributed by atoms with van der Waals surface area (Å²) in [6.07, 6.45) is 0. The fourth-order valence-electron chi connectivity index (χ4n) is 2.18. The molecular weight excluding hydrogens is 374 g/mol. The summed E-state index contributed by atoms with van der Waals surface area (Å²) in [6.45, 7) is 3.08. The smallest absolute Gasteiger partial charge is 0.261 e. The maximum Gasteiger partial charge on any atom is 0.261 e. The Balaban J connectivity index is 2.11. The minimum atomic E-state index is -3.72. The zero-order valence-electron chi connectivity index (χ0n) is 14.9. The molecule has 1 amide bonds. The summed E-state index contributed by atoms with van der Waals surface area (Å²) in [7, 11) is 0.103. The number of hydrogen-bond donors (Lipinski definition) is 2. The van der Waals surface area contributed by atoms with E-state index in [2.05, 4.69) is 10.0 Å². The largest absolute Gasteiger partial charge is 0.351 e. The van der Waals surface area contributed by atoms with Crippen molar-refractivity contribution in [2.45, 2.75) is 11.8 Å². The number of aryl methyl sites for hydroxylation is 1. The second-order valence-corrected chi connectivity index (χ2v) is 8.26. The Morgan fingerprint density at radius 1 is 1.12 bits per heavy atom. The topological polar surface area (TPSA) is 78.5 Å². The lowest BCUT2D eigenvalue weighted by atomic mass is 10.2. The van der Waals surface area contributed by atoms with E-state index in [-0.39, 0.29) is 15.8 Å². The number of anilines is 1. The van der Waals surface area contributed by atoms with E-state index in [0.29, 0.717) is 24.3 Å². The van der Waals surface area contributed by atoms with Crippen LogP contribution in [0, 0.1) is 6.92 Å². The average molecular weight is 396 g/mol. The Morgan fingerprint density at radius 2 is 1.77 bits per heavy atom. The highest BCUT2D eigenvalue weighted by molar-refractivity contribution is 7.92. The molecule has 0 heterocycles. The molecular formula is C18H22ClN3O3S. The summed E-state index contributed by atoms with van der Waals surface area (Å²) in [4.78, 5) is 14.3. The Morgan fingerprint density at radius 3 is 2.35 bits per heavy atom. The van der Waals surface area contributed by atoms with Gasteiger partial charge in [0.05, 0.1) is 21.2 Å². The second kappa shape index (κ2) is 8.53. The molecule has 0 radical (unpaired) electrons. The first-order chi connectivity index (χ1) is 12.2. The van der Waals surface area contributed by atoms with Crippen molar-refractivity contribution >= 4 is 33.2 Å². The van der Waals surface area contributed by atoms with Crippen molar-refractivity contribution in [1.29, 1.82) is 0 Å². The first-order valence-electron chi connectivity index (χ1n) is 8.01. The van der Waals surface area contributed by atoms with E-state index in [1.807, 2.05) is 25.9 Å². The lowest BCUT2D eigenvalue weighted by Crippen LogP contribution is -2.31.